The van der Waals surface area contributed by atoms with E-state index in [0.29, 0.717) is 74.8 Å². The molecule has 2 aromatic heterocycles. The van der Waals surface area contributed by atoms with Crippen molar-refractivity contribution in [2.24, 2.45) is 0 Å². The number of aromatic nitrogens is 1. The highest BCUT2D eigenvalue weighted by Crippen LogP contribution is 2.45. The van der Waals surface area contributed by atoms with Gasteiger partial charge in [-0.25, -0.2) is 0 Å². The van der Waals surface area contributed by atoms with E-state index in [4.69, 9.17) is 16.3 Å². The molecule has 3 atom stereocenters. The van der Waals surface area contributed by atoms with Crippen molar-refractivity contribution in [2.75, 3.05) is 52.4 Å². The third-order valence-corrected chi connectivity index (χ3v) is 12.4. The second-order valence-corrected chi connectivity index (χ2v) is 16.2. The average Bonchev–Trinajstić information content (AvgIpc) is 3.67. The first-order valence-electron chi connectivity index (χ1n) is 19.5. The second-order valence-electron chi connectivity index (χ2n) is 14.9. The predicted octanol–water partition coefficient (Wildman–Crippen LogP) is 7.49. The molecular formula is C40H46ClF6N5O5S. The summed E-state index contributed by atoms with van der Waals surface area (Å²) >= 11 is 6.76. The van der Waals surface area contributed by atoms with E-state index in [9.17, 15) is 41.0 Å². The fourth-order valence-corrected chi connectivity index (χ4v) is 9.39. The lowest BCUT2D eigenvalue weighted by molar-refractivity contribution is -0.162. The van der Waals surface area contributed by atoms with Crippen molar-refractivity contribution in [3.8, 4) is 5.75 Å². The number of thiophene rings is 1. The van der Waals surface area contributed by atoms with Crippen LogP contribution in [-0.2, 0) is 28.4 Å². The molecular weight excluding hydrogens is 812 g/mol. The van der Waals surface area contributed by atoms with E-state index in [-0.39, 0.29) is 57.0 Å². The molecule has 0 aliphatic carbocycles. The fraction of sp³-hybridized carbons (Fsp3) is 0.550. The fourth-order valence-electron chi connectivity index (χ4n) is 8.52. The van der Waals surface area contributed by atoms with Crippen LogP contribution in [0.15, 0.2) is 48.0 Å². The second kappa shape index (κ2) is 18.1. The number of rotatable bonds is 12. The van der Waals surface area contributed by atoms with Crippen LogP contribution in [0.25, 0.3) is 0 Å². The van der Waals surface area contributed by atoms with Crippen LogP contribution >= 0.6 is 22.9 Å². The molecule has 0 spiro atoms. The summed E-state index contributed by atoms with van der Waals surface area (Å²) < 4.78 is 90.6. The van der Waals surface area contributed by atoms with E-state index in [2.05, 4.69) is 9.88 Å². The van der Waals surface area contributed by atoms with E-state index in [1.807, 2.05) is 12.1 Å². The number of likely N-dealkylation sites (tertiary alicyclic amines) is 1. The minimum atomic E-state index is -4.92. The summed E-state index contributed by atoms with van der Waals surface area (Å²) in [6.07, 6.45) is -6.82. The van der Waals surface area contributed by atoms with E-state index in [0.717, 1.165) is 40.9 Å². The monoisotopic (exact) mass is 857 g/mol. The predicted molar refractivity (Wildman–Crippen MR) is 204 cm³/mol. The van der Waals surface area contributed by atoms with E-state index < -0.39 is 58.0 Å². The summed E-state index contributed by atoms with van der Waals surface area (Å²) in [5.41, 5.74) is -2.45. The Balaban J connectivity index is 1.37. The van der Waals surface area contributed by atoms with E-state index >= 15 is 4.79 Å². The van der Waals surface area contributed by atoms with Crippen LogP contribution in [0.5, 0.6) is 5.75 Å². The molecule has 0 radical (unpaired) electrons. The zero-order valence-electron chi connectivity index (χ0n) is 32.0. The van der Waals surface area contributed by atoms with Gasteiger partial charge in [-0.05, 0) is 67.5 Å². The first-order chi connectivity index (χ1) is 27.6. The normalized spacial score (nSPS) is 21.8. The molecule has 58 heavy (non-hydrogen) atoms. The maximum atomic E-state index is 15.5. The summed E-state index contributed by atoms with van der Waals surface area (Å²) in [6.45, 7) is 4.74. The molecule has 0 bridgehead atoms. The Hall–Kier alpha value is -3.93. The van der Waals surface area contributed by atoms with Crippen molar-refractivity contribution in [1.29, 1.82) is 0 Å². The van der Waals surface area contributed by atoms with Crippen LogP contribution in [0.3, 0.4) is 0 Å². The smallest absolute Gasteiger partial charge is 0.425 e. The molecule has 5 heterocycles. The quantitative estimate of drug-likeness (QED) is 0.188. The molecule has 6 rings (SSSR count). The summed E-state index contributed by atoms with van der Waals surface area (Å²) in [7, 11) is 0. The van der Waals surface area contributed by atoms with Gasteiger partial charge >= 0.3 is 12.4 Å². The van der Waals surface area contributed by atoms with Crippen molar-refractivity contribution in [2.45, 2.75) is 88.3 Å². The summed E-state index contributed by atoms with van der Waals surface area (Å²) in [6, 6.07) is 6.11. The first kappa shape index (κ1) is 43.6. The molecule has 2 fully saturated rings. The molecule has 3 amide bonds. The highest BCUT2D eigenvalue weighted by molar-refractivity contribution is 7.10. The van der Waals surface area contributed by atoms with Crippen molar-refractivity contribution >= 4 is 40.7 Å². The Morgan fingerprint density at radius 2 is 1.74 bits per heavy atom. The molecule has 0 unspecified atom stereocenters. The molecule has 316 valence electrons. The van der Waals surface area contributed by atoms with Gasteiger partial charge in [0, 0.05) is 81.3 Å². The molecule has 2 saturated heterocycles. The van der Waals surface area contributed by atoms with E-state index in [1.54, 1.807) is 22.8 Å². The molecule has 1 aromatic carbocycles. The number of carbonyl (C=O) groups is 3. The van der Waals surface area contributed by atoms with Gasteiger partial charge in [-0.1, -0.05) is 31.0 Å². The lowest BCUT2D eigenvalue weighted by Gasteiger charge is -2.51. The van der Waals surface area contributed by atoms with Crippen LogP contribution in [0.4, 0.5) is 26.3 Å². The number of fused-ring (bicyclic) bond motifs is 1. The van der Waals surface area contributed by atoms with E-state index in [1.165, 1.54) is 4.90 Å². The van der Waals surface area contributed by atoms with Crippen molar-refractivity contribution in [3.63, 3.8) is 0 Å². The third-order valence-electron chi connectivity index (χ3n) is 11.2. The molecule has 18 heteroatoms. The largest absolute Gasteiger partial charge is 0.474 e. The number of β-amino-alcohol motifs (C(OH)–C–C–N with tert-alkyl or cyclic N) is 1. The summed E-state index contributed by atoms with van der Waals surface area (Å²) in [4.78, 5) is 52.6. The zero-order valence-corrected chi connectivity index (χ0v) is 33.5. The van der Waals surface area contributed by atoms with Gasteiger partial charge in [0.1, 0.15) is 16.3 Å². The van der Waals surface area contributed by atoms with Crippen molar-refractivity contribution < 1.29 is 50.6 Å². The van der Waals surface area contributed by atoms with Crippen LogP contribution < -0.4 is 4.74 Å². The number of pyridine rings is 1. The number of ether oxygens (including phenoxy) is 1. The van der Waals surface area contributed by atoms with Crippen LogP contribution in [0.1, 0.15) is 90.0 Å². The van der Waals surface area contributed by atoms with Gasteiger partial charge < -0.3 is 24.5 Å². The zero-order chi connectivity index (χ0) is 41.8. The van der Waals surface area contributed by atoms with Crippen molar-refractivity contribution in [1.82, 2.24) is 24.6 Å². The van der Waals surface area contributed by atoms with Gasteiger partial charge in [-0.2, -0.15) is 26.3 Å². The highest BCUT2D eigenvalue weighted by Gasteiger charge is 2.57. The number of aliphatic hydroxyl groups excluding tert-OH is 1. The standard InChI is InChI=1S/C40H46ClF6N5O5S/c1-2-6-32-38(57-28-24-33(58-25-28)40(45,46)47,13-5-15-52(32)36(55)35-30(39(42,43)44)7-4-14-48-35)37(56)51-16-12-26-23-27(41)10-11-29(26)31(51)8-3-9-34(54)50-19-17-49(18-20-50)21-22-53/h4,7,10-11,14,23-25,31-32,53H,2-3,5-6,8-9,12-13,15-22H2,1H3/t31-,32-,38+/m1/s1. The van der Waals surface area contributed by atoms with Gasteiger partial charge in [0.25, 0.3) is 11.8 Å². The molecule has 3 aliphatic rings. The topological polar surface area (TPSA) is 107 Å². The van der Waals surface area contributed by atoms with Crippen LogP contribution in [0, 0.1) is 0 Å². The summed E-state index contributed by atoms with van der Waals surface area (Å²) in [5, 5.41) is 10.9. The number of halogens is 7. The number of aliphatic hydroxyl groups is 1. The minimum absolute atomic E-state index is 0.0299. The maximum absolute atomic E-state index is 15.5. The first-order valence-corrected chi connectivity index (χ1v) is 20.7. The lowest BCUT2D eigenvalue weighted by atomic mass is 9.78. The number of carbonyl (C=O) groups excluding carboxylic acids is 3. The number of piperidine rings is 1. The molecule has 3 aliphatic heterocycles. The highest BCUT2D eigenvalue weighted by atomic mass is 35.5. The SMILES string of the molecule is CCC[C@H]1N(C(=O)c2ncccc2C(F)(F)F)CCC[C@@]1(Oc1csc(C(F)(F)F)c1)C(=O)N1CCc2cc(Cl)ccc2[C@H]1CCCC(=O)N1CCN(CCO)CC1. The number of benzene rings is 1. The number of amides is 3. The number of hydrogen-bond acceptors (Lipinski definition) is 8. The Labute approximate surface area is 341 Å². The Bertz CT molecular complexity index is 1940. The Morgan fingerprint density at radius 1 is 0.983 bits per heavy atom. The molecule has 10 nitrogen and oxygen atoms in total. The maximum Gasteiger partial charge on any atom is 0.425 e. The van der Waals surface area contributed by atoms with Gasteiger partial charge in [0.05, 0.1) is 24.3 Å². The molecule has 0 saturated carbocycles. The van der Waals surface area contributed by atoms with Gasteiger partial charge in [0.15, 0.2) is 0 Å². The molecule has 3 aromatic rings. The number of nitrogens with zero attached hydrogens (tertiary/aromatic N) is 5. The van der Waals surface area contributed by atoms with Gasteiger partial charge in [0.2, 0.25) is 11.5 Å². The van der Waals surface area contributed by atoms with Crippen LogP contribution in [-0.4, -0.2) is 111 Å². The number of hydrogen-bond donors (Lipinski definition) is 1. The number of piperazine rings is 1. The molecule has 1 N–H and O–H groups in total. The van der Waals surface area contributed by atoms with Crippen LogP contribution in [0.2, 0.25) is 5.02 Å². The van der Waals surface area contributed by atoms with Crippen molar-refractivity contribution in [3.05, 3.63) is 80.3 Å². The Morgan fingerprint density at radius 3 is 2.41 bits per heavy atom. The minimum Gasteiger partial charge on any atom is -0.474 e. The Kier molecular flexibility index (Phi) is 13.6. The third kappa shape index (κ3) is 9.42. The van der Waals surface area contributed by atoms with Gasteiger partial charge in [-0.15, -0.1) is 11.3 Å². The number of alkyl halides is 6. The lowest BCUT2D eigenvalue weighted by Crippen LogP contribution is -2.68. The van der Waals surface area contributed by atoms with Gasteiger partial charge in [-0.3, -0.25) is 24.3 Å². The summed E-state index contributed by atoms with van der Waals surface area (Å²) in [5.74, 6) is -1.99. The average molecular weight is 858 g/mol.